The van der Waals surface area contributed by atoms with Crippen LogP contribution in [-0.4, -0.2) is 29.4 Å². The molecule has 0 radical (unpaired) electrons. The van der Waals surface area contributed by atoms with Gasteiger partial charge in [0.05, 0.1) is 0 Å². The quantitative estimate of drug-likeness (QED) is 0.848. The molecule has 116 valence electrons. The van der Waals surface area contributed by atoms with Crippen molar-refractivity contribution in [2.45, 2.75) is 51.9 Å². The largest absolute Gasteiger partial charge is 0.470 e. The Morgan fingerprint density at radius 2 is 1.90 bits per heavy atom. The Morgan fingerprint density at radius 3 is 2.52 bits per heavy atom. The fourth-order valence-corrected chi connectivity index (χ4v) is 2.26. The molecule has 1 amide bonds. The van der Waals surface area contributed by atoms with E-state index in [1.54, 1.807) is 17.0 Å². The molecule has 1 aliphatic rings. The number of nitrogens with two attached hydrogens (primary N) is 1. The summed E-state index contributed by atoms with van der Waals surface area (Å²) < 4.78 is 11.4. The number of nitrogen functional groups attached to an aromatic ring is 1. The Balaban J connectivity index is 2.04. The van der Waals surface area contributed by atoms with Crippen molar-refractivity contribution in [1.29, 1.82) is 0 Å². The van der Waals surface area contributed by atoms with Gasteiger partial charge < -0.3 is 15.2 Å². The molecule has 1 aliphatic heterocycles. The van der Waals surface area contributed by atoms with Gasteiger partial charge in [-0.25, -0.2) is 4.79 Å². The molecule has 0 bridgehead atoms. The third kappa shape index (κ3) is 4.55. The zero-order valence-corrected chi connectivity index (χ0v) is 13.0. The first-order valence-electron chi connectivity index (χ1n) is 7.37. The highest BCUT2D eigenvalue weighted by Crippen LogP contribution is 2.24. The lowest BCUT2D eigenvalue weighted by atomic mass is 10.1. The average molecular weight is 292 g/mol. The van der Waals surface area contributed by atoms with Crippen LogP contribution in [0.4, 0.5) is 10.5 Å². The molecule has 0 aliphatic carbocycles. The van der Waals surface area contributed by atoms with E-state index in [1.807, 2.05) is 32.9 Å². The van der Waals surface area contributed by atoms with Crippen LogP contribution >= 0.6 is 0 Å². The minimum Gasteiger partial charge on any atom is -0.470 e. The van der Waals surface area contributed by atoms with Gasteiger partial charge in [-0.05, 0) is 57.9 Å². The van der Waals surface area contributed by atoms with Gasteiger partial charge in [0, 0.05) is 18.7 Å². The molecule has 2 N–H and O–H groups in total. The number of rotatable bonds is 2. The van der Waals surface area contributed by atoms with Crippen molar-refractivity contribution in [2.75, 3.05) is 12.3 Å². The second-order valence-electron chi connectivity index (χ2n) is 6.31. The Hall–Kier alpha value is -1.91. The lowest BCUT2D eigenvalue weighted by Gasteiger charge is -2.36. The minimum atomic E-state index is -0.500. The number of hydrogen-bond donors (Lipinski definition) is 1. The van der Waals surface area contributed by atoms with Crippen molar-refractivity contribution in [1.82, 2.24) is 4.90 Å². The molecular weight excluding hydrogens is 268 g/mol. The highest BCUT2D eigenvalue weighted by molar-refractivity contribution is 5.68. The Morgan fingerprint density at radius 1 is 1.24 bits per heavy atom. The van der Waals surface area contributed by atoms with Crippen LogP contribution in [-0.2, 0) is 4.74 Å². The number of amides is 1. The maximum absolute atomic E-state index is 12.3. The standard InChI is InChI=1S/C16H24N2O3/c1-16(2,3)21-15(19)18-11-5-4-6-14(18)20-13-9-7-12(17)8-10-13/h7-10,14H,4-6,11,17H2,1-3H3. The number of likely N-dealkylation sites (tertiary alicyclic amines) is 1. The smallest absolute Gasteiger partial charge is 0.413 e. The highest BCUT2D eigenvalue weighted by atomic mass is 16.6. The molecule has 0 spiro atoms. The second kappa shape index (κ2) is 6.24. The van der Waals surface area contributed by atoms with E-state index < -0.39 is 5.60 Å². The maximum Gasteiger partial charge on any atom is 0.413 e. The van der Waals surface area contributed by atoms with E-state index in [9.17, 15) is 4.79 Å². The van der Waals surface area contributed by atoms with Gasteiger partial charge in [0.2, 0.25) is 0 Å². The van der Waals surface area contributed by atoms with Crippen LogP contribution in [0.25, 0.3) is 0 Å². The highest BCUT2D eigenvalue weighted by Gasteiger charge is 2.31. The summed E-state index contributed by atoms with van der Waals surface area (Å²) in [5.41, 5.74) is 5.85. The predicted molar refractivity (Wildman–Crippen MR) is 82.1 cm³/mol. The summed E-state index contributed by atoms with van der Waals surface area (Å²) in [6.07, 6.45) is 2.23. The summed E-state index contributed by atoms with van der Waals surface area (Å²) in [5.74, 6) is 0.713. The predicted octanol–water partition coefficient (Wildman–Crippen LogP) is 3.39. The fraction of sp³-hybridized carbons (Fsp3) is 0.562. The zero-order valence-electron chi connectivity index (χ0n) is 13.0. The normalized spacial score (nSPS) is 19.2. The van der Waals surface area contributed by atoms with Crippen LogP contribution in [0, 0.1) is 0 Å². The summed E-state index contributed by atoms with van der Waals surface area (Å²) in [4.78, 5) is 13.9. The number of piperidine rings is 1. The summed E-state index contributed by atoms with van der Waals surface area (Å²) in [6.45, 7) is 6.26. The van der Waals surface area contributed by atoms with Crippen LogP contribution < -0.4 is 10.5 Å². The van der Waals surface area contributed by atoms with Crippen LogP contribution in [0.2, 0.25) is 0 Å². The molecule has 1 fully saturated rings. The molecule has 1 atom stereocenters. The summed E-state index contributed by atoms with van der Waals surface area (Å²) >= 11 is 0. The van der Waals surface area contributed by atoms with Gasteiger partial charge in [0.15, 0.2) is 6.23 Å². The second-order valence-corrected chi connectivity index (χ2v) is 6.31. The number of carbonyl (C=O) groups excluding carboxylic acids is 1. The van der Waals surface area contributed by atoms with E-state index >= 15 is 0 Å². The van der Waals surface area contributed by atoms with Gasteiger partial charge in [-0.2, -0.15) is 0 Å². The number of anilines is 1. The lowest BCUT2D eigenvalue weighted by Crippen LogP contribution is -2.48. The van der Waals surface area contributed by atoms with Crippen LogP contribution in [0.5, 0.6) is 5.75 Å². The monoisotopic (exact) mass is 292 g/mol. The molecule has 1 aromatic carbocycles. The van der Waals surface area contributed by atoms with E-state index in [-0.39, 0.29) is 12.3 Å². The number of nitrogens with zero attached hydrogens (tertiary/aromatic N) is 1. The number of benzene rings is 1. The SMILES string of the molecule is CC(C)(C)OC(=O)N1CCCCC1Oc1ccc(N)cc1. The first kappa shape index (κ1) is 15.5. The van der Waals surface area contributed by atoms with E-state index in [4.69, 9.17) is 15.2 Å². The van der Waals surface area contributed by atoms with E-state index in [1.165, 1.54) is 0 Å². The summed E-state index contributed by atoms with van der Waals surface area (Å²) in [6, 6.07) is 7.21. The molecule has 0 aromatic heterocycles. The van der Waals surface area contributed by atoms with Crippen molar-refractivity contribution < 1.29 is 14.3 Å². The van der Waals surface area contributed by atoms with Crippen LogP contribution in [0.3, 0.4) is 0 Å². The molecule has 5 nitrogen and oxygen atoms in total. The van der Waals surface area contributed by atoms with Crippen molar-refractivity contribution in [3.05, 3.63) is 24.3 Å². The fourth-order valence-electron chi connectivity index (χ4n) is 2.26. The van der Waals surface area contributed by atoms with Crippen LogP contribution in [0.1, 0.15) is 40.0 Å². The number of carbonyl (C=O) groups is 1. The molecule has 21 heavy (non-hydrogen) atoms. The first-order chi connectivity index (χ1) is 9.85. The number of ether oxygens (including phenoxy) is 2. The average Bonchev–Trinajstić information content (AvgIpc) is 2.40. The third-order valence-corrected chi connectivity index (χ3v) is 3.23. The van der Waals surface area contributed by atoms with E-state index in [0.29, 0.717) is 18.0 Å². The van der Waals surface area contributed by atoms with Crippen LogP contribution in [0.15, 0.2) is 24.3 Å². The van der Waals surface area contributed by atoms with Gasteiger partial charge in [0.1, 0.15) is 11.4 Å². The third-order valence-electron chi connectivity index (χ3n) is 3.23. The van der Waals surface area contributed by atoms with Gasteiger partial charge >= 0.3 is 6.09 Å². The van der Waals surface area contributed by atoms with Gasteiger partial charge in [-0.1, -0.05) is 0 Å². The topological polar surface area (TPSA) is 64.8 Å². The number of hydrogen-bond acceptors (Lipinski definition) is 4. The van der Waals surface area contributed by atoms with Gasteiger partial charge in [-0.15, -0.1) is 0 Å². The lowest BCUT2D eigenvalue weighted by molar-refractivity contribution is -0.0341. The minimum absolute atomic E-state index is 0.280. The van der Waals surface area contributed by atoms with Crippen molar-refractivity contribution in [3.63, 3.8) is 0 Å². The Labute approximate surface area is 126 Å². The molecule has 5 heteroatoms. The van der Waals surface area contributed by atoms with E-state index in [0.717, 1.165) is 19.3 Å². The Kier molecular flexibility index (Phi) is 4.60. The molecule has 1 heterocycles. The molecule has 0 saturated carbocycles. The van der Waals surface area contributed by atoms with E-state index in [2.05, 4.69) is 0 Å². The summed E-state index contributed by atoms with van der Waals surface area (Å²) in [5, 5.41) is 0. The maximum atomic E-state index is 12.3. The Bertz CT molecular complexity index is 479. The zero-order chi connectivity index (χ0) is 15.5. The molecule has 2 rings (SSSR count). The van der Waals surface area contributed by atoms with Crippen molar-refractivity contribution in [3.8, 4) is 5.75 Å². The summed E-state index contributed by atoms with van der Waals surface area (Å²) in [7, 11) is 0. The van der Waals surface area contributed by atoms with Gasteiger partial charge in [0.25, 0.3) is 0 Å². The molecular formula is C16H24N2O3. The molecule has 1 saturated heterocycles. The molecule has 1 aromatic rings. The van der Waals surface area contributed by atoms with Crippen molar-refractivity contribution >= 4 is 11.8 Å². The van der Waals surface area contributed by atoms with Crippen molar-refractivity contribution in [2.24, 2.45) is 0 Å². The first-order valence-corrected chi connectivity index (χ1v) is 7.37. The van der Waals surface area contributed by atoms with Gasteiger partial charge in [-0.3, -0.25) is 4.90 Å². The molecule has 1 unspecified atom stereocenters.